The third-order valence-electron chi connectivity index (χ3n) is 3.82. The highest BCUT2D eigenvalue weighted by atomic mass is 16.5. The van der Waals surface area contributed by atoms with Crippen molar-refractivity contribution in [3.8, 4) is 6.07 Å². The molecule has 0 spiro atoms. The first-order chi connectivity index (χ1) is 11.4. The molecule has 1 atom stereocenters. The summed E-state index contributed by atoms with van der Waals surface area (Å²) in [4.78, 5) is 35.1. The molecule has 0 aliphatic heterocycles. The van der Waals surface area contributed by atoms with Crippen LogP contribution in [0.3, 0.4) is 0 Å². The minimum Gasteiger partial charge on any atom is -0.454 e. The van der Waals surface area contributed by atoms with Gasteiger partial charge in [-0.3, -0.25) is 14.4 Å². The predicted octanol–water partition coefficient (Wildman–Crippen LogP) is 0.768. The molecule has 7 heteroatoms. The lowest BCUT2D eigenvalue weighted by molar-refractivity contribution is -0.147. The van der Waals surface area contributed by atoms with Crippen molar-refractivity contribution in [1.82, 2.24) is 10.6 Å². The Morgan fingerprint density at radius 3 is 2.54 bits per heavy atom. The van der Waals surface area contributed by atoms with Crippen molar-refractivity contribution in [2.75, 3.05) is 13.2 Å². The van der Waals surface area contributed by atoms with E-state index in [1.54, 1.807) is 37.3 Å². The van der Waals surface area contributed by atoms with Crippen LogP contribution >= 0.6 is 0 Å². The average Bonchev–Trinajstić information content (AvgIpc) is 3.44. The van der Waals surface area contributed by atoms with Gasteiger partial charge in [-0.15, -0.1) is 0 Å². The van der Waals surface area contributed by atoms with E-state index in [2.05, 4.69) is 16.7 Å². The van der Waals surface area contributed by atoms with Crippen molar-refractivity contribution >= 4 is 17.8 Å². The number of rotatable bonds is 7. The zero-order valence-corrected chi connectivity index (χ0v) is 13.4. The first-order valence-corrected chi connectivity index (χ1v) is 7.66. The minimum absolute atomic E-state index is 0.146. The summed E-state index contributed by atoms with van der Waals surface area (Å²) in [6, 6.07) is 10.5. The molecule has 2 rings (SSSR count). The molecule has 2 N–H and O–H groups in total. The monoisotopic (exact) mass is 329 g/mol. The van der Waals surface area contributed by atoms with Crippen LogP contribution in [0.25, 0.3) is 0 Å². The van der Waals surface area contributed by atoms with Crippen molar-refractivity contribution in [1.29, 1.82) is 5.26 Å². The number of carbonyl (C=O) groups is 3. The standard InChI is InChI=1S/C17H19N3O4/c1-17(11-18,13-7-8-13)20-14(21)10-24-15(22)9-19-16(23)12-5-3-2-4-6-12/h2-6,13H,7-10H2,1H3,(H,19,23)(H,20,21)/t17-/m0/s1. The van der Waals surface area contributed by atoms with E-state index in [1.165, 1.54) is 0 Å². The fraction of sp³-hybridized carbons (Fsp3) is 0.412. The number of esters is 1. The summed E-state index contributed by atoms with van der Waals surface area (Å²) in [6.07, 6.45) is 1.80. The second-order valence-corrected chi connectivity index (χ2v) is 5.85. The van der Waals surface area contributed by atoms with Gasteiger partial charge in [-0.1, -0.05) is 18.2 Å². The lowest BCUT2D eigenvalue weighted by atomic mass is 9.98. The van der Waals surface area contributed by atoms with Crippen LogP contribution in [0.15, 0.2) is 30.3 Å². The van der Waals surface area contributed by atoms with E-state index < -0.39 is 29.9 Å². The molecule has 0 heterocycles. The number of nitriles is 1. The Labute approximate surface area is 140 Å². The molecule has 1 aliphatic rings. The third kappa shape index (κ3) is 4.81. The van der Waals surface area contributed by atoms with Crippen LogP contribution in [0, 0.1) is 17.2 Å². The largest absolute Gasteiger partial charge is 0.454 e. The maximum Gasteiger partial charge on any atom is 0.325 e. The third-order valence-corrected chi connectivity index (χ3v) is 3.82. The number of hydrogen-bond donors (Lipinski definition) is 2. The molecule has 1 saturated carbocycles. The fourth-order valence-electron chi connectivity index (χ4n) is 2.25. The predicted molar refractivity (Wildman–Crippen MR) is 84.6 cm³/mol. The highest BCUT2D eigenvalue weighted by molar-refractivity contribution is 5.96. The zero-order valence-electron chi connectivity index (χ0n) is 13.4. The van der Waals surface area contributed by atoms with E-state index in [-0.39, 0.29) is 12.5 Å². The van der Waals surface area contributed by atoms with Crippen LogP contribution in [0.2, 0.25) is 0 Å². The zero-order chi connectivity index (χ0) is 17.6. The Morgan fingerprint density at radius 1 is 1.29 bits per heavy atom. The van der Waals surface area contributed by atoms with Crippen molar-refractivity contribution in [3.63, 3.8) is 0 Å². The van der Waals surface area contributed by atoms with Gasteiger partial charge in [-0.2, -0.15) is 5.26 Å². The Hall–Kier alpha value is -2.88. The van der Waals surface area contributed by atoms with Gasteiger partial charge in [0.1, 0.15) is 12.1 Å². The molecular formula is C17H19N3O4. The molecule has 0 aromatic heterocycles. The molecular weight excluding hydrogens is 310 g/mol. The highest BCUT2D eigenvalue weighted by Crippen LogP contribution is 2.39. The molecule has 1 aromatic rings. The van der Waals surface area contributed by atoms with Crippen molar-refractivity contribution in [2.24, 2.45) is 5.92 Å². The second kappa shape index (κ2) is 7.59. The van der Waals surface area contributed by atoms with Gasteiger partial charge in [0.2, 0.25) is 0 Å². The lowest BCUT2D eigenvalue weighted by Gasteiger charge is -2.22. The van der Waals surface area contributed by atoms with Gasteiger partial charge in [0, 0.05) is 5.56 Å². The minimum atomic E-state index is -0.926. The normalized spacial score (nSPS) is 15.5. The molecule has 24 heavy (non-hydrogen) atoms. The van der Waals surface area contributed by atoms with Crippen LogP contribution in [-0.2, 0) is 14.3 Å². The SMILES string of the molecule is C[C@@](C#N)(NC(=O)COC(=O)CNC(=O)c1ccccc1)C1CC1. The summed E-state index contributed by atoms with van der Waals surface area (Å²) in [5.41, 5.74) is -0.498. The van der Waals surface area contributed by atoms with Gasteiger partial charge in [-0.05, 0) is 37.8 Å². The number of amides is 2. The lowest BCUT2D eigenvalue weighted by Crippen LogP contribution is -2.48. The summed E-state index contributed by atoms with van der Waals surface area (Å²) < 4.78 is 4.81. The molecule has 0 radical (unpaired) electrons. The quantitative estimate of drug-likeness (QED) is 0.718. The topological polar surface area (TPSA) is 108 Å². The van der Waals surface area contributed by atoms with Crippen molar-refractivity contribution < 1.29 is 19.1 Å². The first kappa shape index (κ1) is 17.5. The second-order valence-electron chi connectivity index (χ2n) is 5.85. The number of benzene rings is 1. The van der Waals surface area contributed by atoms with E-state index in [0.29, 0.717) is 5.56 Å². The summed E-state index contributed by atoms with van der Waals surface area (Å²) in [5.74, 6) is -1.51. The Bertz CT molecular complexity index is 664. The van der Waals surface area contributed by atoms with E-state index in [0.717, 1.165) is 12.8 Å². The van der Waals surface area contributed by atoms with Crippen LogP contribution < -0.4 is 10.6 Å². The summed E-state index contributed by atoms with van der Waals surface area (Å²) >= 11 is 0. The van der Waals surface area contributed by atoms with Crippen molar-refractivity contribution in [3.05, 3.63) is 35.9 Å². The van der Waals surface area contributed by atoms with Gasteiger partial charge in [0.05, 0.1) is 6.07 Å². The first-order valence-electron chi connectivity index (χ1n) is 7.66. The van der Waals surface area contributed by atoms with Crippen LogP contribution in [-0.4, -0.2) is 36.5 Å². The molecule has 0 bridgehead atoms. The molecule has 0 unspecified atom stereocenters. The molecule has 1 aromatic carbocycles. The van der Waals surface area contributed by atoms with Gasteiger partial charge in [0.15, 0.2) is 6.61 Å². The summed E-state index contributed by atoms with van der Waals surface area (Å²) in [7, 11) is 0. The molecule has 2 amide bonds. The maximum absolute atomic E-state index is 11.8. The molecule has 0 saturated heterocycles. The van der Waals surface area contributed by atoms with Crippen LogP contribution in [0.4, 0.5) is 0 Å². The average molecular weight is 329 g/mol. The summed E-state index contributed by atoms with van der Waals surface area (Å²) in [5, 5.41) is 14.2. The van der Waals surface area contributed by atoms with Gasteiger partial charge >= 0.3 is 5.97 Å². The van der Waals surface area contributed by atoms with Crippen LogP contribution in [0.1, 0.15) is 30.1 Å². The van der Waals surface area contributed by atoms with Crippen LogP contribution in [0.5, 0.6) is 0 Å². The number of nitrogens with zero attached hydrogens (tertiary/aromatic N) is 1. The summed E-state index contributed by atoms with van der Waals surface area (Å²) in [6.45, 7) is 0.841. The van der Waals surface area contributed by atoms with Gasteiger partial charge in [-0.25, -0.2) is 0 Å². The maximum atomic E-state index is 11.8. The molecule has 1 fully saturated rings. The smallest absolute Gasteiger partial charge is 0.325 e. The number of nitrogens with one attached hydrogen (secondary N) is 2. The molecule has 126 valence electrons. The Morgan fingerprint density at radius 2 is 1.96 bits per heavy atom. The Kier molecular flexibility index (Phi) is 5.53. The van der Waals surface area contributed by atoms with Gasteiger partial charge < -0.3 is 15.4 Å². The Balaban J connectivity index is 1.70. The number of carbonyl (C=O) groups excluding carboxylic acids is 3. The highest BCUT2D eigenvalue weighted by Gasteiger charge is 2.43. The molecule has 7 nitrogen and oxygen atoms in total. The van der Waals surface area contributed by atoms with E-state index >= 15 is 0 Å². The van der Waals surface area contributed by atoms with E-state index in [1.807, 2.05) is 0 Å². The van der Waals surface area contributed by atoms with Crippen molar-refractivity contribution in [2.45, 2.75) is 25.3 Å². The molecule has 1 aliphatic carbocycles. The number of hydrogen-bond acceptors (Lipinski definition) is 5. The fourth-order valence-corrected chi connectivity index (χ4v) is 2.25. The number of ether oxygens (including phenoxy) is 1. The van der Waals surface area contributed by atoms with E-state index in [9.17, 15) is 14.4 Å². The van der Waals surface area contributed by atoms with E-state index in [4.69, 9.17) is 10.00 Å². The van der Waals surface area contributed by atoms with Gasteiger partial charge in [0.25, 0.3) is 11.8 Å².